The average molecular weight is 300 g/mol. The molecule has 0 bridgehead atoms. The Morgan fingerprint density at radius 3 is 2.29 bits per heavy atom. The number of carbonyl (C=O) groups is 3. The van der Waals surface area contributed by atoms with Gasteiger partial charge in [-0.25, -0.2) is 0 Å². The number of nitrogens with two attached hydrogens (primary N) is 1. The Morgan fingerprint density at radius 2 is 1.76 bits per heavy atom. The number of rotatable bonds is 10. The number of hydrogen-bond donors (Lipinski definition) is 2. The smallest absolute Gasteiger partial charge is 0.309 e. The molecular weight excluding hydrogens is 272 g/mol. The molecule has 0 aromatic carbocycles. The SMILES string of the molecule is CCCCC(C)NC(=O)C(C)OC(=O)C(C)CCC(N)=O. The van der Waals surface area contributed by atoms with Crippen molar-refractivity contribution >= 4 is 17.8 Å². The van der Waals surface area contributed by atoms with Crippen LogP contribution in [0.25, 0.3) is 0 Å². The zero-order chi connectivity index (χ0) is 16.4. The molecule has 0 fully saturated rings. The van der Waals surface area contributed by atoms with Crippen LogP contribution in [0.1, 0.15) is 59.8 Å². The minimum absolute atomic E-state index is 0.0610. The number of nitrogens with one attached hydrogen (secondary N) is 1. The van der Waals surface area contributed by atoms with Crippen LogP contribution in [0.5, 0.6) is 0 Å². The maximum atomic E-state index is 11.9. The number of carbonyl (C=O) groups excluding carboxylic acids is 3. The van der Waals surface area contributed by atoms with E-state index in [-0.39, 0.29) is 18.4 Å². The zero-order valence-corrected chi connectivity index (χ0v) is 13.5. The molecule has 3 atom stereocenters. The van der Waals surface area contributed by atoms with Crippen LogP contribution in [0.4, 0.5) is 0 Å². The molecule has 0 spiro atoms. The van der Waals surface area contributed by atoms with Crippen LogP contribution in [0.3, 0.4) is 0 Å². The Kier molecular flexibility index (Phi) is 9.41. The number of esters is 1. The third kappa shape index (κ3) is 9.05. The first kappa shape index (κ1) is 19.4. The third-order valence-electron chi connectivity index (χ3n) is 3.27. The highest BCUT2D eigenvalue weighted by molar-refractivity contribution is 5.84. The summed E-state index contributed by atoms with van der Waals surface area (Å²) in [6.07, 6.45) is 2.64. The van der Waals surface area contributed by atoms with Crippen LogP contribution < -0.4 is 11.1 Å². The van der Waals surface area contributed by atoms with E-state index in [1.165, 1.54) is 0 Å². The van der Waals surface area contributed by atoms with Gasteiger partial charge in [0.25, 0.3) is 5.91 Å². The van der Waals surface area contributed by atoms with E-state index in [1.54, 1.807) is 13.8 Å². The molecule has 6 nitrogen and oxygen atoms in total. The molecule has 0 heterocycles. The van der Waals surface area contributed by atoms with Gasteiger partial charge in [-0.05, 0) is 26.7 Å². The largest absolute Gasteiger partial charge is 0.452 e. The number of ether oxygens (including phenoxy) is 1. The van der Waals surface area contributed by atoms with Gasteiger partial charge in [0.05, 0.1) is 5.92 Å². The van der Waals surface area contributed by atoms with E-state index in [1.807, 2.05) is 6.92 Å². The van der Waals surface area contributed by atoms with Gasteiger partial charge in [-0.3, -0.25) is 14.4 Å². The molecule has 6 heteroatoms. The minimum atomic E-state index is -0.836. The van der Waals surface area contributed by atoms with Gasteiger partial charge in [-0.2, -0.15) is 0 Å². The van der Waals surface area contributed by atoms with Crippen molar-refractivity contribution in [1.82, 2.24) is 5.32 Å². The Balaban J connectivity index is 4.15. The molecule has 0 aliphatic rings. The lowest BCUT2D eigenvalue weighted by Crippen LogP contribution is -2.41. The van der Waals surface area contributed by atoms with Crippen molar-refractivity contribution in [3.05, 3.63) is 0 Å². The molecule has 0 aliphatic heterocycles. The summed E-state index contributed by atoms with van der Waals surface area (Å²) in [5.41, 5.74) is 5.03. The zero-order valence-electron chi connectivity index (χ0n) is 13.5. The van der Waals surface area contributed by atoms with Gasteiger partial charge in [-0.1, -0.05) is 26.7 Å². The highest BCUT2D eigenvalue weighted by Crippen LogP contribution is 2.09. The second-order valence-corrected chi connectivity index (χ2v) is 5.54. The van der Waals surface area contributed by atoms with E-state index in [0.717, 1.165) is 19.3 Å². The molecule has 0 saturated carbocycles. The highest BCUT2D eigenvalue weighted by Gasteiger charge is 2.22. The van der Waals surface area contributed by atoms with Gasteiger partial charge < -0.3 is 15.8 Å². The Labute approximate surface area is 126 Å². The van der Waals surface area contributed by atoms with Crippen LogP contribution in [-0.2, 0) is 19.1 Å². The molecule has 2 amide bonds. The molecule has 0 radical (unpaired) electrons. The maximum Gasteiger partial charge on any atom is 0.309 e. The molecule has 0 aromatic heterocycles. The van der Waals surface area contributed by atoms with Gasteiger partial charge in [0.1, 0.15) is 0 Å². The Morgan fingerprint density at radius 1 is 1.14 bits per heavy atom. The first-order valence-corrected chi connectivity index (χ1v) is 7.57. The van der Waals surface area contributed by atoms with Crippen LogP contribution in [0.15, 0.2) is 0 Å². The molecule has 0 aromatic rings. The molecule has 21 heavy (non-hydrogen) atoms. The predicted molar refractivity (Wildman–Crippen MR) is 80.3 cm³/mol. The lowest BCUT2D eigenvalue weighted by molar-refractivity contribution is -0.158. The first-order chi connectivity index (χ1) is 9.77. The summed E-state index contributed by atoms with van der Waals surface area (Å²) in [5, 5.41) is 2.82. The van der Waals surface area contributed by atoms with Crippen molar-refractivity contribution in [3.8, 4) is 0 Å². The van der Waals surface area contributed by atoms with Crippen molar-refractivity contribution in [3.63, 3.8) is 0 Å². The summed E-state index contributed by atoms with van der Waals surface area (Å²) < 4.78 is 5.11. The third-order valence-corrected chi connectivity index (χ3v) is 3.27. The number of hydrogen-bond acceptors (Lipinski definition) is 4. The fraction of sp³-hybridized carbons (Fsp3) is 0.800. The van der Waals surface area contributed by atoms with Crippen molar-refractivity contribution in [2.24, 2.45) is 11.7 Å². The highest BCUT2D eigenvalue weighted by atomic mass is 16.5. The minimum Gasteiger partial charge on any atom is -0.452 e. The maximum absolute atomic E-state index is 11.9. The molecule has 0 rings (SSSR count). The molecule has 0 aliphatic carbocycles. The molecule has 3 unspecified atom stereocenters. The average Bonchev–Trinajstić information content (AvgIpc) is 2.41. The standard InChI is InChI=1S/C15H28N2O4/c1-5-6-7-11(3)17-14(19)12(4)21-15(20)10(2)8-9-13(16)18/h10-12H,5-9H2,1-4H3,(H2,16,18)(H,17,19). The van der Waals surface area contributed by atoms with Gasteiger partial charge in [0.15, 0.2) is 6.10 Å². The van der Waals surface area contributed by atoms with E-state index in [9.17, 15) is 14.4 Å². The monoisotopic (exact) mass is 300 g/mol. The van der Waals surface area contributed by atoms with Crippen molar-refractivity contribution in [2.75, 3.05) is 0 Å². The fourth-order valence-electron chi connectivity index (χ4n) is 1.76. The molecule has 122 valence electrons. The Hall–Kier alpha value is -1.59. The van der Waals surface area contributed by atoms with Gasteiger partial charge in [-0.15, -0.1) is 0 Å². The van der Waals surface area contributed by atoms with Crippen LogP contribution in [0.2, 0.25) is 0 Å². The van der Waals surface area contributed by atoms with Crippen molar-refractivity contribution in [1.29, 1.82) is 0 Å². The quantitative estimate of drug-likeness (QED) is 0.597. The van der Waals surface area contributed by atoms with E-state index >= 15 is 0 Å². The lowest BCUT2D eigenvalue weighted by Gasteiger charge is -2.19. The number of unbranched alkanes of at least 4 members (excludes halogenated alkanes) is 1. The van der Waals surface area contributed by atoms with Gasteiger partial charge in [0.2, 0.25) is 5.91 Å². The second-order valence-electron chi connectivity index (χ2n) is 5.54. The first-order valence-electron chi connectivity index (χ1n) is 7.57. The molecule has 0 saturated heterocycles. The summed E-state index contributed by atoms with van der Waals surface area (Å²) in [7, 11) is 0. The van der Waals surface area contributed by atoms with E-state index in [0.29, 0.717) is 6.42 Å². The second kappa shape index (κ2) is 10.2. The molecule has 3 N–H and O–H groups in total. The summed E-state index contributed by atoms with van der Waals surface area (Å²) in [5.74, 6) is -1.69. The summed E-state index contributed by atoms with van der Waals surface area (Å²) >= 11 is 0. The van der Waals surface area contributed by atoms with Crippen LogP contribution in [-0.4, -0.2) is 29.9 Å². The van der Waals surface area contributed by atoms with Crippen LogP contribution in [0, 0.1) is 5.92 Å². The summed E-state index contributed by atoms with van der Waals surface area (Å²) in [4.78, 5) is 34.3. The lowest BCUT2D eigenvalue weighted by atomic mass is 10.1. The van der Waals surface area contributed by atoms with Crippen molar-refractivity contribution < 1.29 is 19.1 Å². The number of amides is 2. The molecular formula is C15H28N2O4. The Bertz CT molecular complexity index is 358. The summed E-state index contributed by atoms with van der Waals surface area (Å²) in [6, 6.07) is 0.0610. The van der Waals surface area contributed by atoms with E-state index < -0.39 is 23.9 Å². The fourth-order valence-corrected chi connectivity index (χ4v) is 1.76. The topological polar surface area (TPSA) is 98.5 Å². The normalized spacial score (nSPS) is 14.9. The van der Waals surface area contributed by atoms with Gasteiger partial charge >= 0.3 is 5.97 Å². The van der Waals surface area contributed by atoms with Crippen molar-refractivity contribution in [2.45, 2.75) is 71.9 Å². The number of primary amides is 1. The van der Waals surface area contributed by atoms with E-state index in [2.05, 4.69) is 12.2 Å². The van der Waals surface area contributed by atoms with Crippen LogP contribution >= 0.6 is 0 Å². The van der Waals surface area contributed by atoms with Gasteiger partial charge in [0, 0.05) is 12.5 Å². The van der Waals surface area contributed by atoms with E-state index in [4.69, 9.17) is 10.5 Å². The summed E-state index contributed by atoms with van der Waals surface area (Å²) in [6.45, 7) is 7.21. The predicted octanol–water partition coefficient (Wildman–Crippen LogP) is 1.51.